The average molecular weight is 380 g/mol. The summed E-state index contributed by atoms with van der Waals surface area (Å²) in [5.41, 5.74) is 6.38. The largest absolute Gasteiger partial charge is 0.398 e. The molecule has 1 aliphatic rings. The van der Waals surface area contributed by atoms with Crippen LogP contribution in [0.5, 0.6) is 0 Å². The van der Waals surface area contributed by atoms with E-state index in [1.54, 1.807) is 18.2 Å². The van der Waals surface area contributed by atoms with Gasteiger partial charge in [-0.1, -0.05) is 22.4 Å². The van der Waals surface area contributed by atoms with E-state index < -0.39 is 20.6 Å². The summed E-state index contributed by atoms with van der Waals surface area (Å²) in [6.07, 6.45) is 3.96. The van der Waals surface area contributed by atoms with Crippen LogP contribution in [-0.2, 0) is 20.6 Å². The zero-order chi connectivity index (χ0) is 14.9. The van der Waals surface area contributed by atoms with Crippen LogP contribution in [-0.4, -0.2) is 29.4 Å². The second kappa shape index (κ2) is 6.15. The van der Waals surface area contributed by atoms with Crippen LogP contribution < -0.4 is 5.73 Å². The average Bonchev–Trinajstić information content (AvgIpc) is 2.40. The lowest BCUT2D eigenvalue weighted by atomic mass is 10.00. The van der Waals surface area contributed by atoms with Crippen molar-refractivity contribution in [2.24, 2.45) is 0 Å². The summed E-state index contributed by atoms with van der Waals surface area (Å²) in [5, 5.41) is -0.515. The fourth-order valence-corrected chi connectivity index (χ4v) is 6.05. The molecule has 0 radical (unpaired) electrons. The maximum atomic E-state index is 12.7. The Bertz CT molecular complexity index is 631. The molecule has 1 saturated carbocycles. The number of anilines is 1. The summed E-state index contributed by atoms with van der Waals surface area (Å²) in [6.45, 7) is 0. The summed E-state index contributed by atoms with van der Waals surface area (Å²) in [6, 6.07) is 5.28. The molecule has 1 aromatic rings. The SMILES string of the molecule is CS(=O)(=O)C1CCCC(S(=O)c2cc(Br)ccc2N)C1. The van der Waals surface area contributed by atoms with Crippen LogP contribution in [0, 0.1) is 0 Å². The predicted octanol–water partition coefficient (Wildman–Crippen LogP) is 2.49. The van der Waals surface area contributed by atoms with Gasteiger partial charge in [0.1, 0.15) is 9.84 Å². The van der Waals surface area contributed by atoms with Crippen molar-refractivity contribution >= 4 is 42.3 Å². The van der Waals surface area contributed by atoms with Crippen molar-refractivity contribution in [1.29, 1.82) is 0 Å². The van der Waals surface area contributed by atoms with E-state index in [1.807, 2.05) is 0 Å². The fraction of sp³-hybridized carbons (Fsp3) is 0.538. The molecule has 3 unspecified atom stereocenters. The fourth-order valence-electron chi connectivity index (χ4n) is 2.55. The number of nitrogens with two attached hydrogens (primary N) is 1. The van der Waals surface area contributed by atoms with Gasteiger partial charge in [-0.2, -0.15) is 0 Å². The maximum Gasteiger partial charge on any atom is 0.150 e. The highest BCUT2D eigenvalue weighted by Crippen LogP contribution is 2.32. The van der Waals surface area contributed by atoms with Gasteiger partial charge >= 0.3 is 0 Å². The third-order valence-electron chi connectivity index (χ3n) is 3.68. The van der Waals surface area contributed by atoms with Crippen molar-refractivity contribution in [3.05, 3.63) is 22.7 Å². The molecule has 0 heterocycles. The Morgan fingerprint density at radius 3 is 2.70 bits per heavy atom. The Morgan fingerprint density at radius 1 is 1.35 bits per heavy atom. The Hall–Kier alpha value is -0.400. The molecular weight excluding hydrogens is 362 g/mol. The molecule has 0 aliphatic heterocycles. The van der Waals surface area contributed by atoms with E-state index >= 15 is 0 Å². The minimum atomic E-state index is -3.07. The molecular formula is C13H18BrNO3S2. The normalized spacial score (nSPS) is 25.3. The molecule has 112 valence electrons. The number of benzene rings is 1. The van der Waals surface area contributed by atoms with Gasteiger partial charge in [0.2, 0.25) is 0 Å². The van der Waals surface area contributed by atoms with Gasteiger partial charge in [-0.3, -0.25) is 4.21 Å². The van der Waals surface area contributed by atoms with Crippen molar-refractivity contribution in [2.45, 2.75) is 41.1 Å². The van der Waals surface area contributed by atoms with Crippen molar-refractivity contribution in [3.63, 3.8) is 0 Å². The minimum Gasteiger partial charge on any atom is -0.398 e. The smallest absolute Gasteiger partial charge is 0.150 e. The molecule has 0 saturated heterocycles. The zero-order valence-corrected chi connectivity index (χ0v) is 14.4. The van der Waals surface area contributed by atoms with Gasteiger partial charge in [0.25, 0.3) is 0 Å². The molecule has 3 atom stereocenters. The van der Waals surface area contributed by atoms with Gasteiger partial charge in [0, 0.05) is 21.7 Å². The molecule has 4 nitrogen and oxygen atoms in total. The van der Waals surface area contributed by atoms with Gasteiger partial charge in [-0.05, 0) is 37.5 Å². The Labute approximate surface area is 130 Å². The summed E-state index contributed by atoms with van der Waals surface area (Å²) >= 11 is 3.35. The van der Waals surface area contributed by atoms with E-state index in [1.165, 1.54) is 6.26 Å². The number of sulfone groups is 1. The molecule has 1 aromatic carbocycles. The lowest BCUT2D eigenvalue weighted by Crippen LogP contribution is -2.32. The standard InChI is InChI=1S/C13H18BrNO3S2/c1-20(17,18)11-4-2-3-10(8-11)19(16)13-7-9(14)5-6-12(13)15/h5-7,10-11H,2-4,8,15H2,1H3. The van der Waals surface area contributed by atoms with E-state index in [0.29, 0.717) is 23.4 Å². The first kappa shape index (κ1) is 16.0. The zero-order valence-electron chi connectivity index (χ0n) is 11.2. The Morgan fingerprint density at radius 2 is 2.05 bits per heavy atom. The minimum absolute atomic E-state index is 0.139. The molecule has 2 rings (SSSR count). The Balaban J connectivity index is 2.23. The van der Waals surface area contributed by atoms with Crippen molar-refractivity contribution in [3.8, 4) is 0 Å². The van der Waals surface area contributed by atoms with Gasteiger partial charge in [-0.25, -0.2) is 8.42 Å². The molecule has 1 fully saturated rings. The highest BCUT2D eigenvalue weighted by atomic mass is 79.9. The van der Waals surface area contributed by atoms with Crippen LogP contribution in [0.15, 0.2) is 27.6 Å². The second-order valence-electron chi connectivity index (χ2n) is 5.22. The Kier molecular flexibility index (Phi) is 4.92. The van der Waals surface area contributed by atoms with Crippen LogP contribution in [0.3, 0.4) is 0 Å². The summed E-state index contributed by atoms with van der Waals surface area (Å²) in [7, 11) is -4.33. The first-order valence-electron chi connectivity index (χ1n) is 6.43. The first-order chi connectivity index (χ1) is 9.29. The monoisotopic (exact) mass is 379 g/mol. The number of nitrogen functional groups attached to an aromatic ring is 1. The molecule has 0 aromatic heterocycles. The number of hydrogen-bond acceptors (Lipinski definition) is 4. The van der Waals surface area contributed by atoms with Gasteiger partial charge < -0.3 is 5.73 Å². The summed E-state index contributed by atoms with van der Waals surface area (Å²) in [5.74, 6) is 0. The third kappa shape index (κ3) is 3.62. The first-order valence-corrected chi connectivity index (χ1v) is 10.4. The van der Waals surface area contributed by atoms with Gasteiger partial charge in [0.15, 0.2) is 0 Å². The van der Waals surface area contributed by atoms with Crippen molar-refractivity contribution < 1.29 is 12.6 Å². The van der Waals surface area contributed by atoms with E-state index in [9.17, 15) is 12.6 Å². The highest BCUT2D eigenvalue weighted by molar-refractivity contribution is 9.10. The van der Waals surface area contributed by atoms with E-state index in [0.717, 1.165) is 17.3 Å². The van der Waals surface area contributed by atoms with Crippen molar-refractivity contribution in [1.82, 2.24) is 0 Å². The number of hydrogen-bond donors (Lipinski definition) is 1. The van der Waals surface area contributed by atoms with Crippen molar-refractivity contribution in [2.75, 3.05) is 12.0 Å². The number of halogens is 1. The lowest BCUT2D eigenvalue weighted by molar-refractivity contribution is 0.487. The van der Waals surface area contributed by atoms with Gasteiger partial charge in [0.05, 0.1) is 20.9 Å². The topological polar surface area (TPSA) is 77.2 Å². The molecule has 20 heavy (non-hydrogen) atoms. The van der Waals surface area contributed by atoms with Crippen LogP contribution in [0.1, 0.15) is 25.7 Å². The van der Waals surface area contributed by atoms with E-state index in [4.69, 9.17) is 5.73 Å². The van der Waals surface area contributed by atoms with Gasteiger partial charge in [-0.15, -0.1) is 0 Å². The maximum absolute atomic E-state index is 12.7. The molecule has 0 bridgehead atoms. The van der Waals surface area contributed by atoms with Crippen LogP contribution >= 0.6 is 15.9 Å². The number of rotatable bonds is 3. The van der Waals surface area contributed by atoms with Crippen LogP contribution in [0.25, 0.3) is 0 Å². The molecule has 1 aliphatic carbocycles. The second-order valence-corrected chi connectivity index (χ2v) is 10.2. The summed E-state index contributed by atoms with van der Waals surface area (Å²) in [4.78, 5) is 0.596. The summed E-state index contributed by atoms with van der Waals surface area (Å²) < 4.78 is 36.8. The van der Waals surface area contributed by atoms with E-state index in [2.05, 4.69) is 15.9 Å². The molecule has 2 N–H and O–H groups in total. The van der Waals surface area contributed by atoms with Crippen LogP contribution in [0.2, 0.25) is 0 Å². The van der Waals surface area contributed by atoms with Crippen LogP contribution in [0.4, 0.5) is 5.69 Å². The predicted molar refractivity (Wildman–Crippen MR) is 85.9 cm³/mol. The quantitative estimate of drug-likeness (QED) is 0.818. The van der Waals surface area contributed by atoms with E-state index in [-0.39, 0.29) is 10.5 Å². The lowest BCUT2D eigenvalue weighted by Gasteiger charge is -2.27. The molecule has 0 spiro atoms. The highest BCUT2D eigenvalue weighted by Gasteiger charge is 2.32. The molecule has 0 amide bonds. The third-order valence-corrected chi connectivity index (χ3v) is 7.63. The molecule has 7 heteroatoms.